The van der Waals surface area contributed by atoms with E-state index in [1.54, 1.807) is 19.2 Å². The maximum atomic E-state index is 12.8. The molecule has 1 aliphatic heterocycles. The van der Waals surface area contributed by atoms with Crippen LogP contribution in [0.15, 0.2) is 48.5 Å². The molecule has 1 aliphatic rings. The zero-order valence-corrected chi connectivity index (χ0v) is 16.6. The largest absolute Gasteiger partial charge is 0.497 e. The van der Waals surface area contributed by atoms with E-state index in [4.69, 9.17) is 4.74 Å². The third-order valence-electron chi connectivity index (χ3n) is 5.10. The second-order valence-corrected chi connectivity index (χ2v) is 7.47. The number of amides is 2. The molecule has 2 aromatic rings. The Kier molecular flexibility index (Phi) is 6.31. The van der Waals surface area contributed by atoms with Gasteiger partial charge in [0, 0.05) is 23.7 Å². The molecule has 0 bridgehead atoms. The van der Waals surface area contributed by atoms with Gasteiger partial charge in [0.05, 0.1) is 7.11 Å². The van der Waals surface area contributed by atoms with Crippen LogP contribution in [0.25, 0.3) is 0 Å². The molecule has 1 heterocycles. The highest BCUT2D eigenvalue weighted by molar-refractivity contribution is 5.98. The van der Waals surface area contributed by atoms with E-state index in [1.807, 2.05) is 43.4 Å². The molecule has 0 aromatic heterocycles. The van der Waals surface area contributed by atoms with E-state index in [-0.39, 0.29) is 23.8 Å². The number of nitrogens with two attached hydrogens (primary N) is 1. The fraction of sp³-hybridized carbons (Fsp3) is 0.364. The molecule has 0 radical (unpaired) electrons. The minimum atomic E-state index is -0.607. The van der Waals surface area contributed by atoms with Gasteiger partial charge in [-0.05, 0) is 23.6 Å². The van der Waals surface area contributed by atoms with Crippen LogP contribution in [-0.2, 0) is 22.6 Å². The van der Waals surface area contributed by atoms with Crippen molar-refractivity contribution >= 4 is 17.5 Å². The third-order valence-corrected chi connectivity index (χ3v) is 5.10. The third kappa shape index (κ3) is 4.70. The number of anilines is 1. The van der Waals surface area contributed by atoms with E-state index in [9.17, 15) is 9.59 Å². The number of carbonyl (C=O) groups is 2. The van der Waals surface area contributed by atoms with Crippen molar-refractivity contribution in [2.75, 3.05) is 12.4 Å². The fourth-order valence-corrected chi connectivity index (χ4v) is 3.46. The summed E-state index contributed by atoms with van der Waals surface area (Å²) in [6.45, 7) is 4.63. The number of ether oxygens (including phenoxy) is 1. The van der Waals surface area contributed by atoms with E-state index in [1.165, 1.54) is 11.1 Å². The van der Waals surface area contributed by atoms with E-state index in [2.05, 4.69) is 22.8 Å². The highest BCUT2D eigenvalue weighted by atomic mass is 16.5. The summed E-state index contributed by atoms with van der Waals surface area (Å²) in [4.78, 5) is 25.6. The average Bonchev–Trinajstić information content (AvgIpc) is 2.71. The second kappa shape index (κ2) is 8.89. The lowest BCUT2D eigenvalue weighted by atomic mass is 9.94. The van der Waals surface area contributed by atoms with Crippen LogP contribution in [-0.4, -0.2) is 31.0 Å². The summed E-state index contributed by atoms with van der Waals surface area (Å²) in [5, 5.41) is 7.87. The molecule has 0 saturated heterocycles. The molecule has 28 heavy (non-hydrogen) atoms. The minimum absolute atomic E-state index is 0.0366. The summed E-state index contributed by atoms with van der Waals surface area (Å²) in [5.41, 5.74) is 3.11. The van der Waals surface area contributed by atoms with Crippen LogP contribution < -0.4 is 20.7 Å². The SMILES string of the molecule is COc1cccc(NC(=O)[C@@H](NC(=O)[C@@H]2Cc3ccccc3C[NH2+]2)C(C)C)c1. The van der Waals surface area contributed by atoms with Crippen molar-refractivity contribution < 1.29 is 19.6 Å². The van der Waals surface area contributed by atoms with Crippen LogP contribution in [0.2, 0.25) is 0 Å². The first-order valence-corrected chi connectivity index (χ1v) is 9.63. The predicted molar refractivity (Wildman–Crippen MR) is 108 cm³/mol. The summed E-state index contributed by atoms with van der Waals surface area (Å²) in [6, 6.07) is 14.5. The molecule has 2 amide bonds. The van der Waals surface area contributed by atoms with Gasteiger partial charge in [0.25, 0.3) is 5.91 Å². The number of quaternary nitrogens is 1. The Hall–Kier alpha value is -2.86. The monoisotopic (exact) mass is 382 g/mol. The van der Waals surface area contributed by atoms with E-state index in [0.717, 1.165) is 6.54 Å². The van der Waals surface area contributed by atoms with Crippen molar-refractivity contribution in [1.82, 2.24) is 5.32 Å². The number of hydrogen-bond donors (Lipinski definition) is 3. The molecular weight excluding hydrogens is 354 g/mol. The maximum absolute atomic E-state index is 12.8. The van der Waals surface area contributed by atoms with Gasteiger partial charge in [-0.1, -0.05) is 44.2 Å². The van der Waals surface area contributed by atoms with Crippen LogP contribution in [0.1, 0.15) is 25.0 Å². The van der Waals surface area contributed by atoms with Gasteiger partial charge < -0.3 is 20.7 Å². The van der Waals surface area contributed by atoms with Crippen molar-refractivity contribution in [1.29, 1.82) is 0 Å². The van der Waals surface area contributed by atoms with E-state index in [0.29, 0.717) is 17.9 Å². The lowest BCUT2D eigenvalue weighted by molar-refractivity contribution is -0.695. The fourth-order valence-electron chi connectivity index (χ4n) is 3.46. The Morgan fingerprint density at radius 1 is 1.11 bits per heavy atom. The quantitative estimate of drug-likeness (QED) is 0.707. The number of rotatable bonds is 6. The molecule has 6 nitrogen and oxygen atoms in total. The lowest BCUT2D eigenvalue weighted by Crippen LogP contribution is -2.93. The number of hydrogen-bond acceptors (Lipinski definition) is 3. The average molecular weight is 382 g/mol. The molecule has 2 atom stereocenters. The highest BCUT2D eigenvalue weighted by Gasteiger charge is 2.32. The van der Waals surface area contributed by atoms with Gasteiger partial charge in [-0.15, -0.1) is 0 Å². The predicted octanol–water partition coefficient (Wildman–Crippen LogP) is 1.46. The zero-order valence-electron chi connectivity index (χ0n) is 16.6. The standard InChI is InChI=1S/C22H27N3O3/c1-14(2)20(22(27)24-17-9-6-10-18(12-17)28-3)25-21(26)19-11-15-7-4-5-8-16(15)13-23-19/h4-10,12,14,19-20,23H,11,13H2,1-3H3,(H,24,27)(H,25,26)/p+1/t19-,20-/m0/s1. The number of benzene rings is 2. The Morgan fingerprint density at radius 3 is 2.57 bits per heavy atom. The van der Waals surface area contributed by atoms with Gasteiger partial charge in [0.1, 0.15) is 18.3 Å². The molecule has 3 rings (SSSR count). The second-order valence-electron chi connectivity index (χ2n) is 7.47. The molecule has 0 saturated carbocycles. The van der Waals surface area contributed by atoms with E-state index >= 15 is 0 Å². The lowest BCUT2D eigenvalue weighted by Gasteiger charge is -2.26. The Balaban J connectivity index is 1.65. The molecule has 0 aliphatic carbocycles. The summed E-state index contributed by atoms with van der Waals surface area (Å²) < 4.78 is 5.19. The first kappa shape index (κ1) is 19.9. The molecular formula is C22H28N3O3+. The molecule has 2 aromatic carbocycles. The summed E-state index contributed by atoms with van der Waals surface area (Å²) in [5.74, 6) is 0.297. The van der Waals surface area contributed by atoms with Gasteiger partial charge in [-0.25, -0.2) is 0 Å². The summed E-state index contributed by atoms with van der Waals surface area (Å²) in [7, 11) is 1.58. The van der Waals surface area contributed by atoms with Crippen LogP contribution in [0, 0.1) is 5.92 Å². The van der Waals surface area contributed by atoms with Crippen molar-refractivity contribution in [2.24, 2.45) is 5.92 Å². The smallest absolute Gasteiger partial charge is 0.279 e. The van der Waals surface area contributed by atoms with Crippen LogP contribution in [0.3, 0.4) is 0 Å². The van der Waals surface area contributed by atoms with Crippen LogP contribution in [0.4, 0.5) is 5.69 Å². The summed E-state index contributed by atoms with van der Waals surface area (Å²) in [6.07, 6.45) is 0.671. The van der Waals surface area contributed by atoms with Crippen molar-refractivity contribution in [3.63, 3.8) is 0 Å². The number of fused-ring (bicyclic) bond motifs is 1. The molecule has 148 valence electrons. The Morgan fingerprint density at radius 2 is 1.86 bits per heavy atom. The maximum Gasteiger partial charge on any atom is 0.279 e. The normalized spacial score (nSPS) is 16.8. The van der Waals surface area contributed by atoms with Crippen LogP contribution >= 0.6 is 0 Å². The van der Waals surface area contributed by atoms with Gasteiger partial charge in [-0.3, -0.25) is 9.59 Å². The van der Waals surface area contributed by atoms with Gasteiger partial charge in [-0.2, -0.15) is 0 Å². The van der Waals surface area contributed by atoms with Crippen LogP contribution in [0.5, 0.6) is 5.75 Å². The van der Waals surface area contributed by atoms with Gasteiger partial charge in [0.15, 0.2) is 6.04 Å². The van der Waals surface area contributed by atoms with Crippen molar-refractivity contribution in [2.45, 2.75) is 38.9 Å². The molecule has 0 unspecified atom stereocenters. The topological polar surface area (TPSA) is 84.0 Å². The number of methoxy groups -OCH3 is 1. The van der Waals surface area contributed by atoms with Gasteiger partial charge in [0.2, 0.25) is 5.91 Å². The minimum Gasteiger partial charge on any atom is -0.497 e. The van der Waals surface area contributed by atoms with Gasteiger partial charge >= 0.3 is 0 Å². The summed E-state index contributed by atoms with van der Waals surface area (Å²) >= 11 is 0. The Labute approximate surface area is 165 Å². The number of nitrogens with one attached hydrogen (secondary N) is 2. The zero-order chi connectivity index (χ0) is 20.1. The highest BCUT2D eigenvalue weighted by Crippen LogP contribution is 2.18. The molecule has 6 heteroatoms. The first-order chi connectivity index (χ1) is 13.5. The first-order valence-electron chi connectivity index (χ1n) is 9.63. The van der Waals surface area contributed by atoms with E-state index < -0.39 is 6.04 Å². The van der Waals surface area contributed by atoms with Crippen molar-refractivity contribution in [3.8, 4) is 5.75 Å². The molecule has 0 fully saturated rings. The number of carbonyl (C=O) groups excluding carboxylic acids is 2. The van der Waals surface area contributed by atoms with Crippen molar-refractivity contribution in [3.05, 3.63) is 59.7 Å². The Bertz CT molecular complexity index is 850. The molecule has 4 N–H and O–H groups in total. The molecule has 0 spiro atoms.